The number of hydrogen-bond acceptors (Lipinski definition) is 7. The molecule has 1 atom stereocenters. The van der Waals surface area contributed by atoms with Gasteiger partial charge >= 0.3 is 6.09 Å². The van der Waals surface area contributed by atoms with Gasteiger partial charge in [0.1, 0.15) is 18.5 Å². The van der Waals surface area contributed by atoms with Crippen molar-refractivity contribution in [2.75, 3.05) is 17.7 Å². The number of amides is 2. The van der Waals surface area contributed by atoms with Gasteiger partial charge in [-0.3, -0.25) is 26.2 Å². The number of methoxy groups -OCH3 is 1. The Morgan fingerprint density at radius 3 is 2.12 bits per heavy atom. The van der Waals surface area contributed by atoms with Gasteiger partial charge < -0.3 is 25.2 Å². The van der Waals surface area contributed by atoms with Crippen molar-refractivity contribution in [1.29, 1.82) is 5.41 Å². The van der Waals surface area contributed by atoms with Crippen LogP contribution in [-0.4, -0.2) is 35.3 Å². The Morgan fingerprint density at radius 1 is 0.881 bits per heavy atom. The summed E-state index contributed by atoms with van der Waals surface area (Å²) in [6.45, 7) is 0.458. The van der Waals surface area contributed by atoms with Crippen LogP contribution >= 0.6 is 0 Å². The van der Waals surface area contributed by atoms with Gasteiger partial charge in [-0.25, -0.2) is 4.79 Å². The van der Waals surface area contributed by atoms with Crippen LogP contribution in [0.2, 0.25) is 0 Å². The van der Waals surface area contributed by atoms with Gasteiger partial charge in [-0.15, -0.1) is 0 Å². The first-order valence-corrected chi connectivity index (χ1v) is 12.9. The fourth-order valence-corrected chi connectivity index (χ4v) is 4.18. The van der Waals surface area contributed by atoms with Gasteiger partial charge in [0.15, 0.2) is 11.5 Å². The number of carboxylic acid groups (broad SMARTS) is 1. The van der Waals surface area contributed by atoms with Gasteiger partial charge in [0, 0.05) is 29.4 Å². The average Bonchev–Trinajstić information content (AvgIpc) is 3.02. The summed E-state index contributed by atoms with van der Waals surface area (Å²) in [6.07, 6.45) is -1.32. The molecule has 0 saturated heterocycles. The molecule has 0 radical (unpaired) electrons. The van der Waals surface area contributed by atoms with Crippen LogP contribution in [-0.2, 0) is 17.9 Å². The largest absolute Gasteiger partial charge is 0.493 e. The summed E-state index contributed by atoms with van der Waals surface area (Å²) in [6, 6.07) is 27.3. The molecule has 4 aromatic rings. The quantitative estimate of drug-likeness (QED) is 0.0700. The van der Waals surface area contributed by atoms with Crippen molar-refractivity contribution in [3.05, 3.63) is 119 Å². The van der Waals surface area contributed by atoms with Crippen LogP contribution in [0.1, 0.15) is 28.3 Å². The number of benzene rings is 4. The molecule has 0 aliphatic heterocycles. The zero-order valence-corrected chi connectivity index (χ0v) is 22.8. The molecule has 2 amide bonds. The van der Waals surface area contributed by atoms with E-state index in [1.807, 2.05) is 60.7 Å². The highest BCUT2D eigenvalue weighted by Gasteiger charge is 2.27. The molecular formula is C31H31N5O6. The summed E-state index contributed by atoms with van der Waals surface area (Å²) in [5.41, 5.74) is 4.93. The molecule has 0 fully saturated rings. The number of rotatable bonds is 12. The minimum Gasteiger partial charge on any atom is -0.493 e. The molecule has 0 bridgehead atoms. The van der Waals surface area contributed by atoms with Crippen LogP contribution < -0.4 is 30.9 Å². The van der Waals surface area contributed by atoms with Gasteiger partial charge in [0.05, 0.1) is 12.8 Å². The van der Waals surface area contributed by atoms with E-state index in [-0.39, 0.29) is 30.4 Å². The molecule has 216 valence electrons. The third kappa shape index (κ3) is 7.77. The molecular weight excluding hydrogens is 538 g/mol. The molecule has 4 rings (SSSR count). The number of amidine groups is 1. The molecule has 42 heavy (non-hydrogen) atoms. The normalized spacial score (nSPS) is 11.1. The van der Waals surface area contributed by atoms with E-state index < -0.39 is 18.0 Å². The second-order valence-corrected chi connectivity index (χ2v) is 9.14. The van der Waals surface area contributed by atoms with Gasteiger partial charge in [-0.05, 0) is 41.5 Å². The highest BCUT2D eigenvalue weighted by molar-refractivity contribution is 5.96. The van der Waals surface area contributed by atoms with Crippen LogP contribution in [0.4, 0.5) is 16.2 Å². The van der Waals surface area contributed by atoms with Crippen LogP contribution in [0.15, 0.2) is 97.1 Å². The van der Waals surface area contributed by atoms with E-state index in [4.69, 9.17) is 20.1 Å². The standard InChI is InChI=1S/C31H31N5O6/c1-41-26-16-24(25(35-31(38)39)17-27(26)42-19-21-10-6-3-7-11-21)28(30(37)33-18-20-8-4-2-5-9-20)34-23-14-12-22(13-15-23)29(32)36-40/h2-17,28,34-35,40H,18-19H2,1H3,(H2,32,36)(H,33,37)(H,38,39). The Balaban J connectivity index is 1.71. The van der Waals surface area contributed by atoms with Gasteiger partial charge in [-0.2, -0.15) is 0 Å². The highest BCUT2D eigenvalue weighted by atomic mass is 16.5. The van der Waals surface area contributed by atoms with E-state index in [2.05, 4.69) is 16.0 Å². The third-order valence-electron chi connectivity index (χ3n) is 6.29. The molecule has 0 aliphatic rings. The average molecular weight is 570 g/mol. The van der Waals surface area contributed by atoms with Crippen molar-refractivity contribution < 1.29 is 29.4 Å². The molecule has 11 nitrogen and oxygen atoms in total. The molecule has 1 unspecified atom stereocenters. The molecule has 0 aromatic heterocycles. The monoisotopic (exact) mass is 569 g/mol. The van der Waals surface area contributed by atoms with Crippen molar-refractivity contribution >= 4 is 29.2 Å². The Hall–Kier alpha value is -5.55. The van der Waals surface area contributed by atoms with E-state index >= 15 is 0 Å². The first-order valence-electron chi connectivity index (χ1n) is 12.9. The SMILES string of the molecule is COc1cc(C(Nc2ccc(C(=N)NO)cc2)C(=O)NCc2ccccc2)c(NC(=O)O)cc1OCc1ccccc1. The lowest BCUT2D eigenvalue weighted by Gasteiger charge is -2.24. The second-order valence-electron chi connectivity index (χ2n) is 9.14. The first-order chi connectivity index (χ1) is 20.4. The maximum Gasteiger partial charge on any atom is 0.409 e. The predicted octanol–water partition coefficient (Wildman–Crippen LogP) is 5.14. The van der Waals surface area contributed by atoms with E-state index in [1.54, 1.807) is 35.8 Å². The number of hydrogen-bond donors (Lipinski definition) is 7. The first kappa shape index (κ1) is 29.4. The Labute approximate surface area is 242 Å². The molecule has 7 N–H and O–H groups in total. The van der Waals surface area contributed by atoms with Crippen molar-refractivity contribution in [1.82, 2.24) is 10.8 Å². The number of carbonyl (C=O) groups excluding carboxylic acids is 1. The van der Waals surface area contributed by atoms with Crippen molar-refractivity contribution in [2.24, 2.45) is 0 Å². The van der Waals surface area contributed by atoms with E-state index in [1.165, 1.54) is 13.2 Å². The lowest BCUT2D eigenvalue weighted by molar-refractivity contribution is -0.122. The van der Waals surface area contributed by atoms with Gasteiger partial charge in [0.2, 0.25) is 5.91 Å². The zero-order chi connectivity index (χ0) is 29.9. The number of carbonyl (C=O) groups is 2. The van der Waals surface area contributed by atoms with Crippen molar-refractivity contribution in [2.45, 2.75) is 19.2 Å². The summed E-state index contributed by atoms with van der Waals surface area (Å²) in [4.78, 5) is 25.5. The summed E-state index contributed by atoms with van der Waals surface area (Å²) < 4.78 is 11.6. The lowest BCUT2D eigenvalue weighted by atomic mass is 10.0. The Morgan fingerprint density at radius 2 is 1.52 bits per heavy atom. The van der Waals surface area contributed by atoms with Gasteiger partial charge in [0.25, 0.3) is 0 Å². The fourth-order valence-electron chi connectivity index (χ4n) is 4.18. The predicted molar refractivity (Wildman–Crippen MR) is 158 cm³/mol. The number of anilines is 2. The fraction of sp³-hybridized carbons (Fsp3) is 0.129. The highest BCUT2D eigenvalue weighted by Crippen LogP contribution is 2.38. The van der Waals surface area contributed by atoms with Gasteiger partial charge in [-0.1, -0.05) is 60.7 Å². The minimum atomic E-state index is -1.32. The van der Waals surface area contributed by atoms with Crippen LogP contribution in [0.3, 0.4) is 0 Å². The van der Waals surface area contributed by atoms with Crippen LogP contribution in [0.25, 0.3) is 0 Å². The van der Waals surface area contributed by atoms with Crippen LogP contribution in [0, 0.1) is 5.41 Å². The molecule has 11 heteroatoms. The van der Waals surface area contributed by atoms with Crippen LogP contribution in [0.5, 0.6) is 11.5 Å². The smallest absolute Gasteiger partial charge is 0.409 e. The number of hydroxylamine groups is 1. The summed E-state index contributed by atoms with van der Waals surface area (Å²) >= 11 is 0. The lowest BCUT2D eigenvalue weighted by Crippen LogP contribution is -2.34. The third-order valence-corrected chi connectivity index (χ3v) is 6.29. The maximum absolute atomic E-state index is 13.7. The van der Waals surface area contributed by atoms with E-state index in [0.717, 1.165) is 11.1 Å². The second kappa shape index (κ2) is 14.2. The Kier molecular flexibility index (Phi) is 9.94. The zero-order valence-electron chi connectivity index (χ0n) is 22.8. The maximum atomic E-state index is 13.7. The molecule has 0 aliphatic carbocycles. The topological polar surface area (TPSA) is 165 Å². The number of ether oxygens (including phenoxy) is 2. The summed E-state index contributed by atoms with van der Waals surface area (Å²) in [7, 11) is 1.46. The molecule has 0 heterocycles. The molecule has 4 aromatic carbocycles. The minimum absolute atomic E-state index is 0.126. The van der Waals surface area contributed by atoms with Crippen molar-refractivity contribution in [3.8, 4) is 11.5 Å². The number of nitrogens with one attached hydrogen (secondary N) is 5. The summed E-state index contributed by atoms with van der Waals surface area (Å²) in [5, 5.41) is 34.9. The van der Waals surface area contributed by atoms with Crippen molar-refractivity contribution in [3.63, 3.8) is 0 Å². The van der Waals surface area contributed by atoms with E-state index in [9.17, 15) is 14.7 Å². The van der Waals surface area contributed by atoms with E-state index in [0.29, 0.717) is 22.6 Å². The Bertz CT molecular complexity index is 1510. The molecule has 0 spiro atoms. The molecule has 0 saturated carbocycles. The summed E-state index contributed by atoms with van der Waals surface area (Å²) in [5.74, 6) is -0.0300.